The second-order valence-electron chi connectivity index (χ2n) is 4.74. The molecule has 1 N–H and O–H groups in total. The first-order valence-electron chi connectivity index (χ1n) is 6.11. The predicted octanol–water partition coefficient (Wildman–Crippen LogP) is 2.21. The summed E-state index contributed by atoms with van der Waals surface area (Å²) in [7, 11) is -4.20. The molecule has 0 amide bonds. The van der Waals surface area contributed by atoms with Crippen LogP contribution < -0.4 is 0 Å². The van der Waals surface area contributed by atoms with Crippen molar-refractivity contribution in [2.45, 2.75) is 17.7 Å². The molecule has 0 saturated carbocycles. The van der Waals surface area contributed by atoms with E-state index >= 15 is 0 Å². The van der Waals surface area contributed by atoms with Crippen molar-refractivity contribution in [1.29, 1.82) is 0 Å². The first kappa shape index (κ1) is 16.3. The van der Waals surface area contributed by atoms with Gasteiger partial charge in [-0.2, -0.15) is 4.31 Å². The van der Waals surface area contributed by atoms with E-state index in [0.717, 1.165) is 10.4 Å². The molecule has 5 nitrogen and oxygen atoms in total. The van der Waals surface area contributed by atoms with Crippen LogP contribution in [0.25, 0.3) is 0 Å². The summed E-state index contributed by atoms with van der Waals surface area (Å²) in [6, 6.07) is 1.33. The van der Waals surface area contributed by atoms with Gasteiger partial charge in [0.25, 0.3) is 0 Å². The third kappa shape index (κ3) is 3.24. The molecule has 1 fully saturated rings. The van der Waals surface area contributed by atoms with Crippen LogP contribution in [-0.4, -0.2) is 36.9 Å². The van der Waals surface area contributed by atoms with Crippen LogP contribution in [0.2, 0.25) is 0 Å². The van der Waals surface area contributed by atoms with Crippen LogP contribution in [0.5, 0.6) is 0 Å². The lowest BCUT2D eigenvalue weighted by atomic mass is 10.0. The number of hydrogen-bond donors (Lipinski definition) is 1. The van der Waals surface area contributed by atoms with E-state index in [2.05, 4.69) is 15.9 Å². The van der Waals surface area contributed by atoms with Crippen molar-refractivity contribution in [3.8, 4) is 0 Å². The van der Waals surface area contributed by atoms with Crippen LogP contribution in [0.4, 0.5) is 8.78 Å². The summed E-state index contributed by atoms with van der Waals surface area (Å²) in [6.45, 7) is -0.105. The molecule has 1 unspecified atom stereocenters. The van der Waals surface area contributed by atoms with Crippen molar-refractivity contribution >= 4 is 31.9 Å². The van der Waals surface area contributed by atoms with Gasteiger partial charge >= 0.3 is 5.97 Å². The SMILES string of the molecule is O=C(O)C1CCCN(S(=O)(=O)c2cc(Br)c(F)cc2F)C1. The van der Waals surface area contributed by atoms with Crippen LogP contribution in [-0.2, 0) is 14.8 Å². The van der Waals surface area contributed by atoms with E-state index in [-0.39, 0.29) is 17.6 Å². The fraction of sp³-hybridized carbons (Fsp3) is 0.417. The minimum Gasteiger partial charge on any atom is -0.481 e. The van der Waals surface area contributed by atoms with Gasteiger partial charge in [0.15, 0.2) is 0 Å². The van der Waals surface area contributed by atoms with Crippen LogP contribution in [0.15, 0.2) is 21.5 Å². The van der Waals surface area contributed by atoms with Crippen LogP contribution >= 0.6 is 15.9 Å². The van der Waals surface area contributed by atoms with Gasteiger partial charge in [0.05, 0.1) is 10.4 Å². The predicted molar refractivity (Wildman–Crippen MR) is 73.2 cm³/mol. The zero-order valence-electron chi connectivity index (χ0n) is 10.7. The van der Waals surface area contributed by atoms with E-state index in [0.29, 0.717) is 18.9 Å². The van der Waals surface area contributed by atoms with Gasteiger partial charge in [-0.25, -0.2) is 17.2 Å². The zero-order valence-corrected chi connectivity index (χ0v) is 13.1. The van der Waals surface area contributed by atoms with Gasteiger partial charge in [-0.05, 0) is 34.8 Å². The van der Waals surface area contributed by atoms with Gasteiger partial charge in [0.2, 0.25) is 10.0 Å². The summed E-state index contributed by atoms with van der Waals surface area (Å²) in [5.74, 6) is -4.02. The average molecular weight is 384 g/mol. The molecule has 2 rings (SSSR count). The number of carbonyl (C=O) groups is 1. The summed E-state index contributed by atoms with van der Waals surface area (Å²) >= 11 is 2.81. The first-order valence-corrected chi connectivity index (χ1v) is 8.34. The molecule has 0 spiro atoms. The zero-order chi connectivity index (χ0) is 15.8. The Balaban J connectivity index is 2.38. The fourth-order valence-corrected chi connectivity index (χ4v) is 4.29. The molecule has 1 aliphatic rings. The van der Waals surface area contributed by atoms with Gasteiger partial charge in [0, 0.05) is 19.2 Å². The Hall–Kier alpha value is -1.06. The Morgan fingerprint density at radius 3 is 2.62 bits per heavy atom. The molecular weight excluding hydrogens is 372 g/mol. The molecule has 0 aliphatic carbocycles. The maximum atomic E-state index is 13.8. The molecule has 1 heterocycles. The van der Waals surface area contributed by atoms with E-state index < -0.39 is 38.4 Å². The molecule has 1 saturated heterocycles. The topological polar surface area (TPSA) is 74.7 Å². The van der Waals surface area contributed by atoms with Gasteiger partial charge in [-0.1, -0.05) is 0 Å². The van der Waals surface area contributed by atoms with Crippen molar-refractivity contribution in [3.63, 3.8) is 0 Å². The van der Waals surface area contributed by atoms with E-state index in [1.165, 1.54) is 0 Å². The highest BCUT2D eigenvalue weighted by Gasteiger charge is 2.35. The number of benzene rings is 1. The molecule has 1 aromatic carbocycles. The maximum Gasteiger partial charge on any atom is 0.307 e. The number of aliphatic carboxylic acids is 1. The number of carboxylic acid groups (broad SMARTS) is 1. The average Bonchev–Trinajstić information content (AvgIpc) is 2.42. The number of hydrogen-bond acceptors (Lipinski definition) is 3. The Bertz CT molecular complexity index is 680. The number of halogens is 3. The van der Waals surface area contributed by atoms with Crippen molar-refractivity contribution in [1.82, 2.24) is 4.31 Å². The molecule has 1 aliphatic heterocycles. The quantitative estimate of drug-likeness (QED) is 0.812. The molecule has 116 valence electrons. The first-order chi connectivity index (χ1) is 9.73. The maximum absolute atomic E-state index is 13.8. The molecule has 0 bridgehead atoms. The van der Waals surface area contributed by atoms with Crippen LogP contribution in [0.1, 0.15) is 12.8 Å². The standard InChI is InChI=1S/C12H12BrF2NO4S/c13-8-4-11(10(15)5-9(8)14)21(19,20)16-3-1-2-7(6-16)12(17)18/h4-5,7H,1-3,6H2,(H,17,18). The number of rotatable bonds is 3. The molecule has 9 heteroatoms. The number of piperidine rings is 1. The van der Waals surface area contributed by atoms with E-state index in [1.807, 2.05) is 0 Å². The lowest BCUT2D eigenvalue weighted by Crippen LogP contribution is -2.42. The molecule has 0 radical (unpaired) electrons. The van der Waals surface area contributed by atoms with Crippen molar-refractivity contribution in [2.24, 2.45) is 5.92 Å². The smallest absolute Gasteiger partial charge is 0.307 e. The minimum absolute atomic E-state index is 0.112. The van der Waals surface area contributed by atoms with E-state index in [9.17, 15) is 22.0 Å². The van der Waals surface area contributed by atoms with Gasteiger partial charge in [-0.15, -0.1) is 0 Å². The molecule has 21 heavy (non-hydrogen) atoms. The lowest BCUT2D eigenvalue weighted by molar-refractivity contribution is -0.142. The monoisotopic (exact) mass is 383 g/mol. The summed E-state index contributed by atoms with van der Waals surface area (Å²) in [6.07, 6.45) is 0.747. The molecule has 1 atom stereocenters. The number of nitrogens with zero attached hydrogens (tertiary/aromatic N) is 1. The van der Waals surface area contributed by atoms with Gasteiger partial charge in [-0.3, -0.25) is 4.79 Å². The summed E-state index contributed by atoms with van der Waals surface area (Å²) in [5.41, 5.74) is 0. The molecule has 0 aromatic heterocycles. The minimum atomic E-state index is -4.20. The lowest BCUT2D eigenvalue weighted by Gasteiger charge is -2.29. The van der Waals surface area contributed by atoms with E-state index in [4.69, 9.17) is 5.11 Å². The van der Waals surface area contributed by atoms with Crippen molar-refractivity contribution in [3.05, 3.63) is 28.2 Å². The fourth-order valence-electron chi connectivity index (χ4n) is 2.20. The highest BCUT2D eigenvalue weighted by molar-refractivity contribution is 9.10. The second-order valence-corrected chi connectivity index (χ2v) is 7.50. The third-order valence-electron chi connectivity index (χ3n) is 3.33. The Labute approximate surface area is 128 Å². The summed E-state index contributed by atoms with van der Waals surface area (Å²) in [5, 5.41) is 8.97. The number of carboxylic acids is 1. The van der Waals surface area contributed by atoms with Gasteiger partial charge in [0.1, 0.15) is 16.5 Å². The van der Waals surface area contributed by atoms with Crippen molar-refractivity contribution < 1.29 is 27.1 Å². The van der Waals surface area contributed by atoms with E-state index in [1.54, 1.807) is 0 Å². The Morgan fingerprint density at radius 1 is 1.33 bits per heavy atom. The summed E-state index contributed by atoms with van der Waals surface area (Å²) in [4.78, 5) is 10.3. The second kappa shape index (κ2) is 5.98. The van der Waals surface area contributed by atoms with Crippen LogP contribution in [0, 0.1) is 17.6 Å². The highest BCUT2D eigenvalue weighted by Crippen LogP contribution is 2.28. The summed E-state index contributed by atoms with van der Waals surface area (Å²) < 4.78 is 52.5. The van der Waals surface area contributed by atoms with Crippen LogP contribution in [0.3, 0.4) is 0 Å². The Kier molecular flexibility index (Phi) is 4.64. The highest BCUT2D eigenvalue weighted by atomic mass is 79.9. The largest absolute Gasteiger partial charge is 0.481 e. The molecule has 1 aromatic rings. The Morgan fingerprint density at radius 2 is 2.00 bits per heavy atom. The van der Waals surface area contributed by atoms with Crippen molar-refractivity contribution in [2.75, 3.05) is 13.1 Å². The number of sulfonamides is 1. The molecular formula is C12H12BrF2NO4S. The van der Waals surface area contributed by atoms with Gasteiger partial charge < -0.3 is 5.11 Å². The normalized spacial score (nSPS) is 20.4. The third-order valence-corrected chi connectivity index (χ3v) is 5.81.